The molecule has 0 radical (unpaired) electrons. The number of hydrogen-bond acceptors (Lipinski definition) is 2. The Labute approximate surface area is 129 Å². The Morgan fingerprint density at radius 1 is 1.35 bits per heavy atom. The Kier molecular flexibility index (Phi) is 5.30. The third-order valence-electron chi connectivity index (χ3n) is 4.31. The van der Waals surface area contributed by atoms with Crippen molar-refractivity contribution in [2.45, 2.75) is 43.7 Å². The lowest BCUT2D eigenvalue weighted by atomic mass is 9.60. The van der Waals surface area contributed by atoms with Gasteiger partial charge in [0.2, 0.25) is 0 Å². The fourth-order valence-corrected chi connectivity index (χ4v) is 3.27. The summed E-state index contributed by atoms with van der Waals surface area (Å²) in [5.41, 5.74) is 0.891. The van der Waals surface area contributed by atoms with Gasteiger partial charge in [-0.1, -0.05) is 35.7 Å². The van der Waals surface area contributed by atoms with Crippen molar-refractivity contribution >= 4 is 23.2 Å². The molecule has 0 saturated heterocycles. The lowest BCUT2D eigenvalue weighted by Crippen LogP contribution is -2.57. The number of hydrogen-bond donors (Lipinski definition) is 2. The topological polar surface area (TPSA) is 32.3 Å². The van der Waals surface area contributed by atoms with E-state index in [1.54, 1.807) is 13.0 Å². The smallest absolute Gasteiger partial charge is 0.104 e. The quantitative estimate of drug-likeness (QED) is 0.837. The first kappa shape index (κ1) is 16.0. The number of benzene rings is 1. The molecule has 0 aromatic heterocycles. The number of rotatable bonds is 6. The van der Waals surface area contributed by atoms with E-state index in [2.05, 4.69) is 5.32 Å². The van der Waals surface area contributed by atoms with Gasteiger partial charge in [0.25, 0.3) is 0 Å². The first-order valence-electron chi connectivity index (χ1n) is 6.92. The molecule has 20 heavy (non-hydrogen) atoms. The van der Waals surface area contributed by atoms with Crippen LogP contribution >= 0.6 is 23.2 Å². The van der Waals surface area contributed by atoms with Crippen molar-refractivity contribution in [3.8, 4) is 0 Å². The molecule has 0 amide bonds. The van der Waals surface area contributed by atoms with Crippen LogP contribution in [0.2, 0.25) is 10.0 Å². The molecule has 112 valence electrons. The van der Waals surface area contributed by atoms with Crippen LogP contribution in [0.5, 0.6) is 0 Å². The van der Waals surface area contributed by atoms with Crippen LogP contribution in [0.3, 0.4) is 0 Å². The van der Waals surface area contributed by atoms with Gasteiger partial charge >= 0.3 is 0 Å². The zero-order chi connectivity index (χ0) is 14.8. The van der Waals surface area contributed by atoms with Crippen LogP contribution in [0.4, 0.5) is 4.39 Å². The predicted octanol–water partition coefficient (Wildman–Crippen LogP) is 3.72. The molecule has 2 unspecified atom stereocenters. The minimum absolute atomic E-state index is 0.0232. The second kappa shape index (κ2) is 6.61. The molecule has 1 saturated carbocycles. The summed E-state index contributed by atoms with van der Waals surface area (Å²) in [6, 6.07) is 5.17. The van der Waals surface area contributed by atoms with Crippen molar-refractivity contribution in [3.05, 3.63) is 33.8 Å². The molecule has 2 N–H and O–H groups in total. The van der Waals surface area contributed by atoms with E-state index in [9.17, 15) is 9.50 Å². The highest BCUT2D eigenvalue weighted by atomic mass is 35.5. The van der Waals surface area contributed by atoms with E-state index < -0.39 is 6.67 Å². The maximum absolute atomic E-state index is 12.7. The van der Waals surface area contributed by atoms with Crippen LogP contribution in [0.25, 0.3) is 0 Å². The van der Waals surface area contributed by atoms with E-state index in [4.69, 9.17) is 23.2 Å². The summed E-state index contributed by atoms with van der Waals surface area (Å²) in [7, 11) is 0. The van der Waals surface area contributed by atoms with E-state index in [0.29, 0.717) is 10.0 Å². The van der Waals surface area contributed by atoms with Gasteiger partial charge in [-0.05, 0) is 37.5 Å². The predicted molar refractivity (Wildman–Crippen MR) is 81.4 cm³/mol. The highest BCUT2D eigenvalue weighted by Gasteiger charge is 2.45. The second-order valence-corrected chi connectivity index (χ2v) is 6.41. The van der Waals surface area contributed by atoms with E-state index in [1.807, 2.05) is 12.1 Å². The average molecular weight is 320 g/mol. The van der Waals surface area contributed by atoms with Crippen LogP contribution in [-0.4, -0.2) is 30.5 Å². The van der Waals surface area contributed by atoms with E-state index in [1.165, 1.54) is 0 Å². The molecule has 1 fully saturated rings. The molecule has 5 heteroatoms. The van der Waals surface area contributed by atoms with Gasteiger partial charge in [-0.15, -0.1) is 0 Å². The van der Waals surface area contributed by atoms with Gasteiger partial charge in [0, 0.05) is 17.5 Å². The number of alkyl halides is 1. The first-order chi connectivity index (χ1) is 9.53. The van der Waals surface area contributed by atoms with Crippen LogP contribution in [0.15, 0.2) is 18.2 Å². The maximum Gasteiger partial charge on any atom is 0.104 e. The highest BCUT2D eigenvalue weighted by molar-refractivity contribution is 6.42. The molecule has 1 aromatic rings. The van der Waals surface area contributed by atoms with Crippen molar-refractivity contribution in [2.75, 3.05) is 13.3 Å². The summed E-state index contributed by atoms with van der Waals surface area (Å²) >= 11 is 12.1. The normalized spacial score (nSPS) is 20.2. The zero-order valence-corrected chi connectivity index (χ0v) is 13.0. The molecular formula is C15H20Cl2FNO. The summed E-state index contributed by atoms with van der Waals surface area (Å²) < 4.78 is 12.7. The lowest BCUT2D eigenvalue weighted by Gasteiger charge is -2.49. The maximum atomic E-state index is 12.7. The third-order valence-corrected chi connectivity index (χ3v) is 5.05. The minimum atomic E-state index is -0.450. The number of aliphatic hydroxyl groups excluding tert-OH is 1. The standard InChI is InChI=1S/C15H20Cl2FNO/c1-10(8-18)19-14(9-20)15(5-2-6-15)11-3-4-12(16)13(17)7-11/h3-4,7,10,14,19-20H,2,5-6,8-9H2,1H3. The molecule has 1 aliphatic carbocycles. The lowest BCUT2D eigenvalue weighted by molar-refractivity contribution is 0.101. The summed E-state index contributed by atoms with van der Waals surface area (Å²) in [4.78, 5) is 0. The van der Waals surface area contributed by atoms with E-state index in [-0.39, 0.29) is 24.1 Å². The Balaban J connectivity index is 2.29. The van der Waals surface area contributed by atoms with Crippen LogP contribution in [-0.2, 0) is 5.41 Å². The molecule has 2 atom stereocenters. The van der Waals surface area contributed by atoms with Crippen LogP contribution in [0, 0.1) is 0 Å². The van der Waals surface area contributed by atoms with E-state index >= 15 is 0 Å². The van der Waals surface area contributed by atoms with Gasteiger partial charge in [-0.25, -0.2) is 4.39 Å². The van der Waals surface area contributed by atoms with Gasteiger partial charge in [-0.2, -0.15) is 0 Å². The van der Waals surface area contributed by atoms with Gasteiger partial charge in [0.1, 0.15) is 6.67 Å². The highest BCUT2D eigenvalue weighted by Crippen LogP contribution is 2.47. The van der Waals surface area contributed by atoms with E-state index in [0.717, 1.165) is 24.8 Å². The SMILES string of the molecule is CC(CF)NC(CO)C1(c2ccc(Cl)c(Cl)c2)CCC1. The Morgan fingerprint density at radius 2 is 2.05 bits per heavy atom. The van der Waals surface area contributed by atoms with Crippen molar-refractivity contribution in [2.24, 2.45) is 0 Å². The molecule has 0 spiro atoms. The van der Waals surface area contributed by atoms with Crippen molar-refractivity contribution < 1.29 is 9.50 Å². The van der Waals surface area contributed by atoms with Gasteiger partial charge in [0.15, 0.2) is 0 Å². The molecular weight excluding hydrogens is 300 g/mol. The summed E-state index contributed by atoms with van der Waals surface area (Å²) in [6.45, 7) is 1.31. The van der Waals surface area contributed by atoms with Crippen molar-refractivity contribution in [3.63, 3.8) is 0 Å². The fourth-order valence-electron chi connectivity index (χ4n) is 2.98. The second-order valence-electron chi connectivity index (χ2n) is 5.60. The molecule has 1 aromatic carbocycles. The molecule has 2 nitrogen and oxygen atoms in total. The molecule has 0 bridgehead atoms. The number of halogens is 3. The summed E-state index contributed by atoms with van der Waals surface area (Å²) in [6.07, 6.45) is 3.02. The average Bonchev–Trinajstić information content (AvgIpc) is 2.39. The molecule has 2 rings (SSSR count). The Bertz CT molecular complexity index is 465. The van der Waals surface area contributed by atoms with Gasteiger partial charge in [-0.3, -0.25) is 0 Å². The molecule has 0 heterocycles. The summed E-state index contributed by atoms with van der Waals surface area (Å²) in [5.74, 6) is 0. The van der Waals surface area contributed by atoms with Crippen molar-refractivity contribution in [1.82, 2.24) is 5.32 Å². The number of aliphatic hydroxyl groups is 1. The van der Waals surface area contributed by atoms with Gasteiger partial charge < -0.3 is 10.4 Å². The zero-order valence-electron chi connectivity index (χ0n) is 11.5. The largest absolute Gasteiger partial charge is 0.395 e. The van der Waals surface area contributed by atoms with Gasteiger partial charge in [0.05, 0.1) is 16.7 Å². The van der Waals surface area contributed by atoms with Crippen LogP contribution < -0.4 is 5.32 Å². The minimum Gasteiger partial charge on any atom is -0.395 e. The fraction of sp³-hybridized carbons (Fsp3) is 0.600. The Morgan fingerprint density at radius 3 is 2.50 bits per heavy atom. The monoisotopic (exact) mass is 319 g/mol. The summed E-state index contributed by atoms with van der Waals surface area (Å²) in [5, 5.41) is 13.9. The Hall–Kier alpha value is -0.350. The van der Waals surface area contributed by atoms with Crippen molar-refractivity contribution in [1.29, 1.82) is 0 Å². The first-order valence-corrected chi connectivity index (χ1v) is 7.67. The molecule has 0 aliphatic heterocycles. The number of nitrogens with one attached hydrogen (secondary N) is 1. The molecule has 1 aliphatic rings. The third kappa shape index (κ3) is 2.96. The van der Waals surface area contributed by atoms with Crippen LogP contribution in [0.1, 0.15) is 31.7 Å².